The Morgan fingerprint density at radius 2 is 2.00 bits per heavy atom. The number of benzene rings is 1. The Morgan fingerprint density at radius 1 is 1.17 bits per heavy atom. The van der Waals surface area contributed by atoms with Crippen LogP contribution in [-0.2, 0) is 11.3 Å². The van der Waals surface area contributed by atoms with Gasteiger partial charge < -0.3 is 15.2 Å². The van der Waals surface area contributed by atoms with Crippen LogP contribution in [0.3, 0.4) is 0 Å². The van der Waals surface area contributed by atoms with Crippen LogP contribution >= 0.6 is 0 Å². The molecule has 8 nitrogen and oxygen atoms in total. The molecular weight excluding hydrogens is 378 g/mol. The molecule has 5 rings (SSSR count). The van der Waals surface area contributed by atoms with Crippen LogP contribution in [0.15, 0.2) is 55.0 Å². The number of imidazole rings is 1. The minimum Gasteiger partial charge on any atom is -0.352 e. The van der Waals surface area contributed by atoms with Gasteiger partial charge in [-0.05, 0) is 42.7 Å². The van der Waals surface area contributed by atoms with Crippen LogP contribution in [0.5, 0.6) is 0 Å². The summed E-state index contributed by atoms with van der Waals surface area (Å²) in [6.07, 6.45) is 7.56. The molecule has 1 saturated carbocycles. The van der Waals surface area contributed by atoms with E-state index in [0.29, 0.717) is 18.5 Å². The van der Waals surface area contributed by atoms with Crippen LogP contribution in [0.25, 0.3) is 22.6 Å². The first-order valence-electron chi connectivity index (χ1n) is 9.93. The SMILES string of the molecule is CC(=O)NCc1cccc(Nc2ncc3nc(-c4ccncc4)n(C4CC4)c3n2)c1. The first kappa shape index (κ1) is 18.2. The highest BCUT2D eigenvalue weighted by Crippen LogP contribution is 2.40. The predicted octanol–water partition coefficient (Wildman–Crippen LogP) is 3.60. The van der Waals surface area contributed by atoms with Crippen molar-refractivity contribution >= 4 is 28.7 Å². The molecule has 0 saturated heterocycles. The lowest BCUT2D eigenvalue weighted by Gasteiger charge is -2.09. The highest BCUT2D eigenvalue weighted by Gasteiger charge is 2.29. The summed E-state index contributed by atoms with van der Waals surface area (Å²) >= 11 is 0. The molecule has 3 heterocycles. The minimum absolute atomic E-state index is 0.0551. The molecule has 150 valence electrons. The average molecular weight is 399 g/mol. The molecule has 0 aliphatic heterocycles. The summed E-state index contributed by atoms with van der Waals surface area (Å²) in [7, 11) is 0. The third-order valence-corrected chi connectivity index (χ3v) is 5.01. The van der Waals surface area contributed by atoms with E-state index in [2.05, 4.69) is 25.2 Å². The van der Waals surface area contributed by atoms with Gasteiger partial charge >= 0.3 is 0 Å². The second-order valence-corrected chi connectivity index (χ2v) is 7.41. The van der Waals surface area contributed by atoms with E-state index in [-0.39, 0.29) is 5.91 Å². The van der Waals surface area contributed by atoms with Gasteiger partial charge in [-0.25, -0.2) is 9.97 Å². The first-order valence-corrected chi connectivity index (χ1v) is 9.93. The fourth-order valence-corrected chi connectivity index (χ4v) is 3.45. The van der Waals surface area contributed by atoms with Gasteiger partial charge in [0.1, 0.15) is 11.3 Å². The van der Waals surface area contributed by atoms with E-state index in [9.17, 15) is 4.79 Å². The summed E-state index contributed by atoms with van der Waals surface area (Å²) in [5, 5.41) is 6.08. The van der Waals surface area contributed by atoms with Crippen LogP contribution < -0.4 is 10.6 Å². The van der Waals surface area contributed by atoms with E-state index >= 15 is 0 Å². The Labute approximate surface area is 173 Å². The third kappa shape index (κ3) is 3.71. The number of fused-ring (bicyclic) bond motifs is 1. The number of nitrogens with one attached hydrogen (secondary N) is 2. The molecule has 2 N–H and O–H groups in total. The van der Waals surface area contributed by atoms with Crippen LogP contribution in [0.4, 0.5) is 11.6 Å². The van der Waals surface area contributed by atoms with E-state index in [1.807, 2.05) is 36.4 Å². The summed E-state index contributed by atoms with van der Waals surface area (Å²) in [5.41, 5.74) is 4.49. The van der Waals surface area contributed by atoms with Crippen molar-refractivity contribution in [2.24, 2.45) is 0 Å². The summed E-state index contributed by atoms with van der Waals surface area (Å²) < 4.78 is 2.21. The van der Waals surface area contributed by atoms with Crippen molar-refractivity contribution in [1.82, 2.24) is 29.8 Å². The van der Waals surface area contributed by atoms with Crippen molar-refractivity contribution in [2.45, 2.75) is 32.4 Å². The molecule has 3 aromatic heterocycles. The summed E-state index contributed by atoms with van der Waals surface area (Å²) in [4.78, 5) is 29.3. The number of amides is 1. The zero-order chi connectivity index (χ0) is 20.5. The van der Waals surface area contributed by atoms with Crippen LogP contribution in [0, 0.1) is 0 Å². The molecular formula is C22H21N7O. The Morgan fingerprint density at radius 3 is 2.77 bits per heavy atom. The number of carbonyl (C=O) groups excluding carboxylic acids is 1. The van der Waals surface area contributed by atoms with Crippen molar-refractivity contribution in [3.8, 4) is 11.4 Å². The minimum atomic E-state index is -0.0551. The topological polar surface area (TPSA) is 97.6 Å². The molecule has 1 aromatic carbocycles. The van der Waals surface area contributed by atoms with E-state index in [1.54, 1.807) is 18.6 Å². The quantitative estimate of drug-likeness (QED) is 0.514. The van der Waals surface area contributed by atoms with Crippen LogP contribution in [0.2, 0.25) is 0 Å². The molecule has 30 heavy (non-hydrogen) atoms. The molecule has 1 aliphatic carbocycles. The lowest BCUT2D eigenvalue weighted by Crippen LogP contribution is -2.18. The monoisotopic (exact) mass is 399 g/mol. The lowest BCUT2D eigenvalue weighted by molar-refractivity contribution is -0.119. The Bertz CT molecular complexity index is 1210. The van der Waals surface area contributed by atoms with Crippen molar-refractivity contribution < 1.29 is 4.79 Å². The zero-order valence-electron chi connectivity index (χ0n) is 16.5. The smallest absolute Gasteiger partial charge is 0.229 e. The fraction of sp³-hybridized carbons (Fsp3) is 0.227. The standard InChI is InChI=1S/C22H21N7O/c1-14(30)24-12-15-3-2-4-17(11-15)26-22-25-13-19-21(28-22)29(18-5-6-18)20(27-19)16-7-9-23-10-8-16/h2-4,7-11,13,18H,5-6,12H2,1H3,(H,24,30)(H,25,26,28). The lowest BCUT2D eigenvalue weighted by atomic mass is 10.2. The van der Waals surface area contributed by atoms with Gasteiger partial charge in [0.15, 0.2) is 5.65 Å². The number of nitrogens with zero attached hydrogens (tertiary/aromatic N) is 5. The maximum Gasteiger partial charge on any atom is 0.229 e. The van der Waals surface area contributed by atoms with Gasteiger partial charge in [-0.3, -0.25) is 9.78 Å². The van der Waals surface area contributed by atoms with Crippen LogP contribution in [0.1, 0.15) is 31.4 Å². The molecule has 1 amide bonds. The molecule has 0 bridgehead atoms. The van der Waals surface area contributed by atoms with Crippen LogP contribution in [-0.4, -0.2) is 30.4 Å². The van der Waals surface area contributed by atoms with E-state index in [1.165, 1.54) is 6.92 Å². The normalized spacial score (nSPS) is 13.4. The van der Waals surface area contributed by atoms with Gasteiger partial charge in [-0.1, -0.05) is 12.1 Å². The van der Waals surface area contributed by atoms with Gasteiger partial charge in [0.2, 0.25) is 11.9 Å². The highest BCUT2D eigenvalue weighted by atomic mass is 16.1. The third-order valence-electron chi connectivity index (χ3n) is 5.01. The average Bonchev–Trinajstić information content (AvgIpc) is 3.53. The number of rotatable bonds is 6. The molecule has 8 heteroatoms. The molecule has 1 fully saturated rings. The molecule has 1 aliphatic rings. The maximum absolute atomic E-state index is 11.2. The largest absolute Gasteiger partial charge is 0.352 e. The molecule has 0 spiro atoms. The van der Waals surface area contributed by atoms with Crippen molar-refractivity contribution in [1.29, 1.82) is 0 Å². The number of pyridine rings is 1. The summed E-state index contributed by atoms with van der Waals surface area (Å²) in [6, 6.07) is 12.2. The number of hydrogen-bond donors (Lipinski definition) is 2. The number of hydrogen-bond acceptors (Lipinski definition) is 6. The van der Waals surface area contributed by atoms with Gasteiger partial charge in [0.25, 0.3) is 0 Å². The van der Waals surface area contributed by atoms with Gasteiger partial charge in [-0.2, -0.15) is 4.98 Å². The van der Waals surface area contributed by atoms with E-state index in [4.69, 9.17) is 9.97 Å². The Hall–Kier alpha value is -3.81. The van der Waals surface area contributed by atoms with Crippen molar-refractivity contribution in [3.05, 3.63) is 60.6 Å². The van der Waals surface area contributed by atoms with Crippen molar-refractivity contribution in [2.75, 3.05) is 5.32 Å². The number of aromatic nitrogens is 5. The van der Waals surface area contributed by atoms with E-state index < -0.39 is 0 Å². The van der Waals surface area contributed by atoms with E-state index in [0.717, 1.165) is 46.6 Å². The Balaban J connectivity index is 1.48. The number of carbonyl (C=O) groups is 1. The fourth-order valence-electron chi connectivity index (χ4n) is 3.45. The van der Waals surface area contributed by atoms with Gasteiger partial charge in [0, 0.05) is 43.2 Å². The Kier molecular flexibility index (Phi) is 4.59. The van der Waals surface area contributed by atoms with Gasteiger partial charge in [0.05, 0.1) is 6.20 Å². The maximum atomic E-state index is 11.2. The van der Waals surface area contributed by atoms with Gasteiger partial charge in [-0.15, -0.1) is 0 Å². The molecule has 0 radical (unpaired) electrons. The zero-order valence-corrected chi connectivity index (χ0v) is 16.5. The second-order valence-electron chi connectivity index (χ2n) is 7.41. The highest BCUT2D eigenvalue weighted by molar-refractivity contribution is 5.78. The van der Waals surface area contributed by atoms with Crippen molar-refractivity contribution in [3.63, 3.8) is 0 Å². The number of anilines is 2. The molecule has 0 atom stereocenters. The first-order chi connectivity index (χ1) is 14.7. The predicted molar refractivity (Wildman–Crippen MR) is 114 cm³/mol. The summed E-state index contributed by atoms with van der Waals surface area (Å²) in [5.74, 6) is 1.36. The second kappa shape index (κ2) is 7.55. The summed E-state index contributed by atoms with van der Waals surface area (Å²) in [6.45, 7) is 1.99. The molecule has 4 aromatic rings. The molecule has 0 unspecified atom stereocenters.